The van der Waals surface area contributed by atoms with Gasteiger partial charge < -0.3 is 4.90 Å². The molecule has 0 aliphatic carbocycles. The molecule has 0 unspecified atom stereocenters. The highest BCUT2D eigenvalue weighted by atomic mass is 35.5. The number of hydrogen-bond acceptors (Lipinski definition) is 4. The maximum absolute atomic E-state index is 10.8. The van der Waals surface area contributed by atoms with E-state index in [1.807, 2.05) is 0 Å². The summed E-state index contributed by atoms with van der Waals surface area (Å²) in [4.78, 5) is 22.7. The number of hydrogen-bond donors (Lipinski definition) is 0. The van der Waals surface area contributed by atoms with Crippen LogP contribution >= 0.6 is 11.6 Å². The third kappa shape index (κ3) is 2.94. The van der Waals surface area contributed by atoms with E-state index in [9.17, 15) is 4.79 Å². The van der Waals surface area contributed by atoms with E-state index in [1.54, 1.807) is 12.1 Å². The Morgan fingerprint density at radius 1 is 1.28 bits per heavy atom. The molecule has 5 heteroatoms. The van der Waals surface area contributed by atoms with Crippen molar-refractivity contribution in [3.63, 3.8) is 0 Å². The van der Waals surface area contributed by atoms with E-state index < -0.39 is 5.97 Å². The second kappa shape index (κ2) is 5.59. The van der Waals surface area contributed by atoms with E-state index >= 15 is 0 Å². The molecular weight excluding hydrogens is 254 g/mol. The van der Waals surface area contributed by atoms with Gasteiger partial charge in [-0.15, -0.1) is 0 Å². The molecule has 1 aromatic carbocycles. The van der Waals surface area contributed by atoms with E-state index in [2.05, 4.69) is 16.8 Å². The fraction of sp³-hybridized carbons (Fsp3) is 0.462. The first-order chi connectivity index (χ1) is 8.58. The van der Waals surface area contributed by atoms with Crippen LogP contribution in [0.5, 0.6) is 5.75 Å². The van der Waals surface area contributed by atoms with E-state index in [4.69, 9.17) is 16.5 Å². The van der Waals surface area contributed by atoms with E-state index in [-0.39, 0.29) is 0 Å². The predicted molar refractivity (Wildman–Crippen MR) is 68.8 cm³/mol. The summed E-state index contributed by atoms with van der Waals surface area (Å²) in [7, 11) is 2.08. The highest BCUT2D eigenvalue weighted by Gasteiger charge is 2.19. The summed E-state index contributed by atoms with van der Waals surface area (Å²) in [5.74, 6) is 0.115. The zero-order chi connectivity index (χ0) is 13.1. The zero-order valence-electron chi connectivity index (χ0n) is 10.5. The van der Waals surface area contributed by atoms with Gasteiger partial charge in [0.2, 0.25) is 0 Å². The zero-order valence-corrected chi connectivity index (χ0v) is 11.3. The van der Waals surface area contributed by atoms with Crippen molar-refractivity contribution in [2.75, 3.05) is 20.1 Å². The van der Waals surface area contributed by atoms with Gasteiger partial charge in [-0.05, 0) is 37.6 Å². The Morgan fingerprint density at radius 3 is 2.61 bits per heavy atom. The first-order valence-electron chi connectivity index (χ1n) is 5.92. The number of halogens is 1. The molecule has 98 valence electrons. The molecule has 0 N–H and O–H groups in total. The van der Waals surface area contributed by atoms with Gasteiger partial charge in [0.1, 0.15) is 0 Å². The van der Waals surface area contributed by atoms with Gasteiger partial charge in [-0.25, -0.2) is 4.79 Å². The molecule has 2 rings (SSSR count). The highest BCUT2D eigenvalue weighted by molar-refractivity contribution is 6.31. The summed E-state index contributed by atoms with van der Waals surface area (Å²) < 4.78 is 0. The molecule has 0 atom stereocenters. The van der Waals surface area contributed by atoms with Crippen LogP contribution < -0.4 is 4.89 Å². The maximum Gasteiger partial charge on any atom is 0.352 e. The van der Waals surface area contributed by atoms with Crippen LogP contribution in [0.1, 0.15) is 18.1 Å². The number of benzene rings is 1. The summed E-state index contributed by atoms with van der Waals surface area (Å²) in [5.41, 5.74) is 2.12. The number of carbonyl (C=O) groups excluding carboxylic acids is 1. The van der Waals surface area contributed by atoms with Crippen LogP contribution in [-0.4, -0.2) is 31.0 Å². The van der Waals surface area contributed by atoms with Crippen LogP contribution in [0.3, 0.4) is 0 Å². The van der Waals surface area contributed by atoms with Crippen molar-refractivity contribution in [3.05, 3.63) is 28.3 Å². The molecule has 0 fully saturated rings. The lowest BCUT2D eigenvalue weighted by Gasteiger charge is -2.12. The SMILES string of the molecule is CC(=O)OOc1ccc(Cl)c2c1CCN(C)CC2. The Bertz CT molecular complexity index is 462. The summed E-state index contributed by atoms with van der Waals surface area (Å²) in [6.45, 7) is 3.20. The molecule has 0 radical (unpaired) electrons. The molecule has 0 bridgehead atoms. The third-order valence-electron chi connectivity index (χ3n) is 3.07. The van der Waals surface area contributed by atoms with Crippen LogP contribution in [0.15, 0.2) is 12.1 Å². The van der Waals surface area contributed by atoms with Crippen LogP contribution in [0.25, 0.3) is 0 Å². The molecule has 1 aliphatic heterocycles. The predicted octanol–water partition coefficient (Wildman–Crippen LogP) is 2.23. The van der Waals surface area contributed by atoms with Crippen LogP contribution in [0, 0.1) is 0 Å². The first-order valence-corrected chi connectivity index (χ1v) is 6.29. The number of rotatable bonds is 2. The number of carbonyl (C=O) groups is 1. The smallest absolute Gasteiger partial charge is 0.306 e. The topological polar surface area (TPSA) is 38.8 Å². The summed E-state index contributed by atoms with van der Waals surface area (Å²) >= 11 is 6.22. The Morgan fingerprint density at radius 2 is 1.94 bits per heavy atom. The van der Waals surface area contributed by atoms with Crippen LogP contribution in [0.4, 0.5) is 0 Å². The molecule has 0 saturated carbocycles. The Kier molecular flexibility index (Phi) is 4.09. The number of fused-ring (bicyclic) bond motifs is 1. The number of likely N-dealkylation sites (N-methyl/N-ethyl adjacent to an activating group) is 1. The minimum Gasteiger partial charge on any atom is -0.306 e. The largest absolute Gasteiger partial charge is 0.352 e. The standard InChI is InChI=1S/C13H16ClNO3/c1-9(16)17-18-13-4-3-12(14)10-5-7-15(2)8-6-11(10)13/h3-4H,5-8H2,1-2H3. The van der Waals surface area contributed by atoms with Gasteiger partial charge in [-0.1, -0.05) is 11.6 Å². The Hall–Kier alpha value is -1.26. The fourth-order valence-corrected chi connectivity index (χ4v) is 2.36. The highest BCUT2D eigenvalue weighted by Crippen LogP contribution is 2.31. The lowest BCUT2D eigenvalue weighted by Crippen LogP contribution is -2.20. The van der Waals surface area contributed by atoms with E-state index in [1.165, 1.54) is 6.92 Å². The van der Waals surface area contributed by atoms with Crippen molar-refractivity contribution >= 4 is 17.6 Å². The van der Waals surface area contributed by atoms with Crippen molar-refractivity contribution < 1.29 is 14.6 Å². The summed E-state index contributed by atoms with van der Waals surface area (Å²) in [6.07, 6.45) is 1.71. The minimum atomic E-state index is -0.468. The van der Waals surface area contributed by atoms with Crippen molar-refractivity contribution in [3.8, 4) is 5.75 Å². The molecule has 0 amide bonds. The molecule has 1 aromatic rings. The average molecular weight is 270 g/mol. The van der Waals surface area contributed by atoms with Gasteiger partial charge in [0, 0.05) is 30.6 Å². The third-order valence-corrected chi connectivity index (χ3v) is 3.42. The van der Waals surface area contributed by atoms with Crippen molar-refractivity contribution in [2.24, 2.45) is 0 Å². The van der Waals surface area contributed by atoms with Crippen molar-refractivity contribution in [1.29, 1.82) is 0 Å². The molecule has 4 nitrogen and oxygen atoms in total. The average Bonchev–Trinajstić information content (AvgIpc) is 2.52. The number of nitrogens with zero attached hydrogens (tertiary/aromatic N) is 1. The van der Waals surface area contributed by atoms with Gasteiger partial charge in [0.25, 0.3) is 0 Å². The Labute approximate surface area is 111 Å². The lowest BCUT2D eigenvalue weighted by molar-refractivity contribution is -0.211. The second-order valence-electron chi connectivity index (χ2n) is 4.46. The van der Waals surface area contributed by atoms with Gasteiger partial charge in [-0.3, -0.25) is 9.78 Å². The van der Waals surface area contributed by atoms with Gasteiger partial charge in [0.05, 0.1) is 0 Å². The Balaban J connectivity index is 2.29. The fourth-order valence-electron chi connectivity index (χ4n) is 2.09. The maximum atomic E-state index is 10.8. The van der Waals surface area contributed by atoms with Crippen molar-refractivity contribution in [1.82, 2.24) is 4.90 Å². The molecule has 1 heterocycles. The molecule has 1 aliphatic rings. The molecule has 18 heavy (non-hydrogen) atoms. The first kappa shape index (κ1) is 13.2. The summed E-state index contributed by atoms with van der Waals surface area (Å²) in [6, 6.07) is 3.53. The summed E-state index contributed by atoms with van der Waals surface area (Å²) in [5, 5.41) is 0.746. The van der Waals surface area contributed by atoms with E-state index in [0.717, 1.165) is 42.1 Å². The van der Waals surface area contributed by atoms with Crippen molar-refractivity contribution in [2.45, 2.75) is 19.8 Å². The van der Waals surface area contributed by atoms with Crippen LogP contribution in [0.2, 0.25) is 5.02 Å². The van der Waals surface area contributed by atoms with Gasteiger partial charge in [-0.2, -0.15) is 0 Å². The van der Waals surface area contributed by atoms with Gasteiger partial charge in [0.15, 0.2) is 5.75 Å². The minimum absolute atomic E-state index is 0.468. The molecule has 0 aromatic heterocycles. The quantitative estimate of drug-likeness (QED) is 0.610. The van der Waals surface area contributed by atoms with E-state index in [0.29, 0.717) is 5.75 Å². The molecule has 0 spiro atoms. The second-order valence-corrected chi connectivity index (χ2v) is 4.87. The lowest BCUT2D eigenvalue weighted by atomic mass is 10.0. The monoisotopic (exact) mass is 269 g/mol. The normalized spacial score (nSPS) is 15.7. The molecule has 0 saturated heterocycles. The molecular formula is C13H16ClNO3. The van der Waals surface area contributed by atoms with Gasteiger partial charge >= 0.3 is 5.97 Å². The van der Waals surface area contributed by atoms with Crippen LogP contribution in [-0.2, 0) is 22.5 Å².